The summed E-state index contributed by atoms with van der Waals surface area (Å²) in [4.78, 5) is 10.5. The van der Waals surface area contributed by atoms with E-state index in [0.29, 0.717) is 12.1 Å². The molecule has 0 saturated carbocycles. The van der Waals surface area contributed by atoms with Crippen molar-refractivity contribution in [1.29, 1.82) is 0 Å². The molecule has 1 aliphatic heterocycles. The van der Waals surface area contributed by atoms with Crippen LogP contribution >= 0.6 is 0 Å². The van der Waals surface area contributed by atoms with E-state index >= 15 is 0 Å². The quantitative estimate of drug-likeness (QED) is 0.510. The van der Waals surface area contributed by atoms with Gasteiger partial charge >= 0.3 is 12.4 Å². The summed E-state index contributed by atoms with van der Waals surface area (Å²) in [5.41, 5.74) is -2.98. The number of aliphatic hydroxyl groups excluding tert-OH is 1. The van der Waals surface area contributed by atoms with Crippen molar-refractivity contribution in [3.8, 4) is 0 Å². The molecule has 0 radical (unpaired) electrons. The van der Waals surface area contributed by atoms with Crippen LogP contribution in [0, 0.1) is 10.1 Å². The standard InChI is InChI=1S/C13H12F6N2O3/c14-12(15,16)8-6-7(3-4-9(8)21(23)24)20-5-1-2-10(20)11(22)13(17,18)19/h3-4,6,10-11,22H,1-2,5H2/t10-,11?/m1/s1. The smallest absolute Gasteiger partial charge is 0.382 e. The van der Waals surface area contributed by atoms with E-state index in [9.17, 15) is 41.6 Å². The summed E-state index contributed by atoms with van der Waals surface area (Å²) in [5, 5.41) is 20.1. The molecule has 1 saturated heterocycles. The third-order valence-corrected chi connectivity index (χ3v) is 3.81. The van der Waals surface area contributed by atoms with Crippen molar-refractivity contribution in [2.24, 2.45) is 0 Å². The minimum atomic E-state index is -5.03. The Balaban J connectivity index is 2.43. The molecule has 0 aliphatic carbocycles. The Morgan fingerprint density at radius 1 is 1.25 bits per heavy atom. The molecule has 1 N–H and O–H groups in total. The van der Waals surface area contributed by atoms with Gasteiger partial charge in [0.1, 0.15) is 5.56 Å². The van der Waals surface area contributed by atoms with Crippen LogP contribution in [0.4, 0.5) is 37.7 Å². The first-order chi connectivity index (χ1) is 10.9. The number of benzene rings is 1. The van der Waals surface area contributed by atoms with Crippen LogP contribution in [0.2, 0.25) is 0 Å². The molecule has 1 fully saturated rings. The van der Waals surface area contributed by atoms with E-state index in [-0.39, 0.29) is 25.1 Å². The van der Waals surface area contributed by atoms with E-state index in [2.05, 4.69) is 0 Å². The Hall–Kier alpha value is -2.04. The van der Waals surface area contributed by atoms with Crippen LogP contribution in [-0.4, -0.2) is 34.9 Å². The molecule has 1 aliphatic rings. The normalized spacial score (nSPS) is 20.3. The van der Waals surface area contributed by atoms with E-state index in [1.54, 1.807) is 0 Å². The number of nitrogens with zero attached hydrogens (tertiary/aromatic N) is 2. The summed E-state index contributed by atoms with van der Waals surface area (Å²) < 4.78 is 77.0. The van der Waals surface area contributed by atoms with Gasteiger partial charge < -0.3 is 10.0 Å². The lowest BCUT2D eigenvalue weighted by atomic mass is 10.1. The molecule has 0 bridgehead atoms. The molecule has 2 rings (SSSR count). The SMILES string of the molecule is O=[N+]([O-])c1ccc(N2CCC[C@@H]2C(O)C(F)(F)F)cc1C(F)(F)F. The summed E-state index contributed by atoms with van der Waals surface area (Å²) in [6, 6.07) is 0.564. The molecule has 0 amide bonds. The molecule has 134 valence electrons. The van der Waals surface area contributed by atoms with Gasteiger partial charge in [0, 0.05) is 18.3 Å². The Kier molecular flexibility index (Phi) is 4.66. The molecular weight excluding hydrogens is 346 g/mol. The summed E-state index contributed by atoms with van der Waals surface area (Å²) in [6.45, 7) is 0.00686. The average molecular weight is 358 g/mol. The van der Waals surface area contributed by atoms with E-state index in [4.69, 9.17) is 0 Å². The minimum absolute atomic E-state index is 0.00686. The van der Waals surface area contributed by atoms with E-state index < -0.39 is 40.7 Å². The third kappa shape index (κ3) is 3.55. The summed E-state index contributed by atoms with van der Waals surface area (Å²) >= 11 is 0. The topological polar surface area (TPSA) is 66.6 Å². The molecule has 5 nitrogen and oxygen atoms in total. The number of nitro groups is 1. The first-order valence-electron chi connectivity index (χ1n) is 6.80. The van der Waals surface area contributed by atoms with Gasteiger partial charge in [-0.2, -0.15) is 26.3 Å². The van der Waals surface area contributed by atoms with Gasteiger partial charge in [-0.3, -0.25) is 10.1 Å². The van der Waals surface area contributed by atoms with Crippen LogP contribution in [0.1, 0.15) is 18.4 Å². The minimum Gasteiger partial charge on any atom is -0.382 e. The molecule has 11 heteroatoms. The molecule has 2 atom stereocenters. The number of nitro benzene ring substituents is 1. The Morgan fingerprint density at radius 2 is 1.88 bits per heavy atom. The fourth-order valence-corrected chi connectivity index (χ4v) is 2.75. The number of rotatable bonds is 3. The van der Waals surface area contributed by atoms with Gasteiger partial charge in [-0.05, 0) is 25.0 Å². The van der Waals surface area contributed by atoms with Crippen LogP contribution in [0.25, 0.3) is 0 Å². The molecule has 24 heavy (non-hydrogen) atoms. The molecule has 1 heterocycles. The average Bonchev–Trinajstić information content (AvgIpc) is 2.92. The lowest BCUT2D eigenvalue weighted by Crippen LogP contribution is -2.47. The van der Waals surface area contributed by atoms with Gasteiger partial charge in [0.05, 0.1) is 11.0 Å². The maximum Gasteiger partial charge on any atom is 0.423 e. The highest BCUT2D eigenvalue weighted by Crippen LogP contribution is 2.40. The van der Waals surface area contributed by atoms with Crippen LogP contribution < -0.4 is 4.90 Å². The molecule has 0 spiro atoms. The Morgan fingerprint density at radius 3 is 2.38 bits per heavy atom. The van der Waals surface area contributed by atoms with Gasteiger partial charge in [0.25, 0.3) is 5.69 Å². The summed E-state index contributed by atoms with van der Waals surface area (Å²) in [6.07, 6.45) is -12.5. The van der Waals surface area contributed by atoms with Crippen molar-refractivity contribution in [2.75, 3.05) is 11.4 Å². The maximum atomic E-state index is 13.0. The van der Waals surface area contributed by atoms with Gasteiger partial charge in [0.15, 0.2) is 6.10 Å². The molecule has 1 aromatic carbocycles. The largest absolute Gasteiger partial charge is 0.423 e. The fourth-order valence-electron chi connectivity index (χ4n) is 2.75. The van der Waals surface area contributed by atoms with Crippen molar-refractivity contribution < 1.29 is 36.4 Å². The van der Waals surface area contributed by atoms with Crippen molar-refractivity contribution in [3.05, 3.63) is 33.9 Å². The number of aliphatic hydroxyl groups is 1. The van der Waals surface area contributed by atoms with Crippen LogP contribution in [0.5, 0.6) is 0 Å². The van der Waals surface area contributed by atoms with E-state index in [0.717, 1.165) is 11.0 Å². The van der Waals surface area contributed by atoms with Crippen LogP contribution in [0.15, 0.2) is 18.2 Å². The Labute approximate surface area is 131 Å². The van der Waals surface area contributed by atoms with Gasteiger partial charge in [-0.25, -0.2) is 0 Å². The third-order valence-electron chi connectivity index (χ3n) is 3.81. The van der Waals surface area contributed by atoms with Crippen molar-refractivity contribution in [2.45, 2.75) is 37.3 Å². The van der Waals surface area contributed by atoms with Crippen molar-refractivity contribution in [1.82, 2.24) is 0 Å². The molecular formula is C13H12F6N2O3. The number of anilines is 1. The summed E-state index contributed by atoms with van der Waals surface area (Å²) in [7, 11) is 0. The molecule has 1 aromatic rings. The van der Waals surface area contributed by atoms with Crippen molar-refractivity contribution >= 4 is 11.4 Å². The lowest BCUT2D eigenvalue weighted by molar-refractivity contribution is -0.388. The van der Waals surface area contributed by atoms with E-state index in [1.165, 1.54) is 0 Å². The monoisotopic (exact) mass is 358 g/mol. The van der Waals surface area contributed by atoms with Crippen LogP contribution in [-0.2, 0) is 6.18 Å². The highest BCUT2D eigenvalue weighted by molar-refractivity contribution is 5.58. The second-order valence-corrected chi connectivity index (χ2v) is 5.35. The number of hydrogen-bond donors (Lipinski definition) is 1. The highest BCUT2D eigenvalue weighted by atomic mass is 19.4. The van der Waals surface area contributed by atoms with E-state index in [1.807, 2.05) is 0 Å². The predicted octanol–water partition coefficient (Wildman–Crippen LogP) is 3.51. The van der Waals surface area contributed by atoms with Crippen molar-refractivity contribution in [3.63, 3.8) is 0 Å². The fraction of sp³-hybridized carbons (Fsp3) is 0.538. The zero-order chi connectivity index (χ0) is 18.3. The first-order valence-corrected chi connectivity index (χ1v) is 6.80. The van der Waals surface area contributed by atoms with Gasteiger partial charge in [-0.15, -0.1) is 0 Å². The molecule has 0 aromatic heterocycles. The molecule has 1 unspecified atom stereocenters. The number of hydrogen-bond acceptors (Lipinski definition) is 4. The lowest BCUT2D eigenvalue weighted by Gasteiger charge is -2.31. The summed E-state index contributed by atoms with van der Waals surface area (Å²) in [5.74, 6) is 0. The second kappa shape index (κ2) is 6.11. The zero-order valence-corrected chi connectivity index (χ0v) is 11.9. The van der Waals surface area contributed by atoms with Gasteiger partial charge in [-0.1, -0.05) is 0 Å². The maximum absolute atomic E-state index is 13.0. The Bertz CT molecular complexity index is 631. The second-order valence-electron chi connectivity index (χ2n) is 5.35. The highest BCUT2D eigenvalue weighted by Gasteiger charge is 2.47. The van der Waals surface area contributed by atoms with Gasteiger partial charge in [0.2, 0.25) is 0 Å². The zero-order valence-electron chi connectivity index (χ0n) is 11.9. The first kappa shape index (κ1) is 18.3. The number of halogens is 6. The predicted molar refractivity (Wildman–Crippen MR) is 70.5 cm³/mol. The number of alkyl halides is 6. The van der Waals surface area contributed by atoms with Crippen LogP contribution in [0.3, 0.4) is 0 Å².